The third-order valence-electron chi connectivity index (χ3n) is 8.75. The number of aromatic nitrogens is 2. The lowest BCUT2D eigenvalue weighted by atomic mass is 9.78. The van der Waals surface area contributed by atoms with Crippen LogP contribution in [-0.4, -0.2) is 9.97 Å². The summed E-state index contributed by atoms with van der Waals surface area (Å²) in [6.45, 7) is 4.60. The number of hydrogen-bond acceptors (Lipinski definition) is 2. The maximum atomic E-state index is 4.67. The van der Waals surface area contributed by atoms with Crippen LogP contribution >= 0.6 is 0 Å². The Balaban J connectivity index is 1.27. The summed E-state index contributed by atoms with van der Waals surface area (Å²) >= 11 is 0. The van der Waals surface area contributed by atoms with E-state index >= 15 is 0 Å². The molecule has 1 aromatic heterocycles. The van der Waals surface area contributed by atoms with Crippen molar-refractivity contribution in [3.05, 3.63) is 47.8 Å². The van der Waals surface area contributed by atoms with Gasteiger partial charge < -0.3 is 0 Å². The smallest absolute Gasteiger partial charge is 0.159 e. The molecule has 0 bridgehead atoms. The van der Waals surface area contributed by atoms with Crippen molar-refractivity contribution < 1.29 is 0 Å². The Bertz CT molecular complexity index is 802. The van der Waals surface area contributed by atoms with Crippen molar-refractivity contribution in [1.29, 1.82) is 0 Å². The highest BCUT2D eigenvalue weighted by Crippen LogP contribution is 2.34. The molecule has 0 N–H and O–H groups in total. The molecule has 2 heteroatoms. The van der Waals surface area contributed by atoms with Gasteiger partial charge >= 0.3 is 0 Å². The van der Waals surface area contributed by atoms with Crippen LogP contribution in [-0.2, 0) is 12.8 Å². The Morgan fingerprint density at radius 3 is 1.59 bits per heavy atom. The molecule has 1 saturated carbocycles. The molecule has 1 aliphatic rings. The number of nitrogens with zero attached hydrogens (tertiary/aromatic N) is 2. The minimum absolute atomic E-state index is 0.858. The number of aryl methyl sites for hydroxylation is 2. The monoisotopic (exact) mass is 504 g/mol. The first-order valence-electron chi connectivity index (χ1n) is 16.2. The standard InChI is InChI=1S/C35H56N2/c1-3-5-7-8-9-10-11-13-19-33-28-36-35(37-29-33)34-26-24-32(25-27-34)18-15-14-17-31-22-20-30(21-23-31)16-12-6-4-2/h24-31H,3-23H2,1-2H3. The summed E-state index contributed by atoms with van der Waals surface area (Å²) < 4.78 is 0. The maximum Gasteiger partial charge on any atom is 0.159 e. The molecule has 1 aliphatic carbocycles. The second-order valence-electron chi connectivity index (χ2n) is 12.0. The first-order chi connectivity index (χ1) is 18.3. The summed E-state index contributed by atoms with van der Waals surface area (Å²) in [5.41, 5.74) is 3.86. The van der Waals surface area contributed by atoms with Gasteiger partial charge in [-0.2, -0.15) is 0 Å². The fourth-order valence-corrected chi connectivity index (χ4v) is 6.17. The highest BCUT2D eigenvalue weighted by molar-refractivity contribution is 5.55. The third-order valence-corrected chi connectivity index (χ3v) is 8.75. The summed E-state index contributed by atoms with van der Waals surface area (Å²) in [7, 11) is 0. The quantitative estimate of drug-likeness (QED) is 0.178. The van der Waals surface area contributed by atoms with E-state index in [1.807, 2.05) is 12.4 Å². The maximum absolute atomic E-state index is 4.67. The fraction of sp³-hybridized carbons (Fsp3) is 0.714. The Morgan fingerprint density at radius 2 is 1.00 bits per heavy atom. The summed E-state index contributed by atoms with van der Waals surface area (Å²) in [4.78, 5) is 9.34. The SMILES string of the molecule is CCCCCCCCCCc1cnc(-c2ccc(CCCCC3CCC(CCCCC)CC3)cc2)nc1. The van der Waals surface area contributed by atoms with Crippen molar-refractivity contribution in [3.63, 3.8) is 0 Å². The van der Waals surface area contributed by atoms with Gasteiger partial charge in [0.05, 0.1) is 0 Å². The van der Waals surface area contributed by atoms with E-state index in [-0.39, 0.29) is 0 Å². The van der Waals surface area contributed by atoms with E-state index in [0.29, 0.717) is 0 Å². The molecule has 0 radical (unpaired) electrons. The Hall–Kier alpha value is -1.70. The second-order valence-corrected chi connectivity index (χ2v) is 12.0. The zero-order chi connectivity index (χ0) is 26.0. The van der Waals surface area contributed by atoms with Gasteiger partial charge in [-0.1, -0.05) is 147 Å². The average molecular weight is 505 g/mol. The summed E-state index contributed by atoms with van der Waals surface area (Å²) in [5, 5.41) is 0. The first kappa shape index (κ1) is 29.9. The molecule has 206 valence electrons. The highest BCUT2D eigenvalue weighted by atomic mass is 14.9. The topological polar surface area (TPSA) is 25.8 Å². The molecule has 1 heterocycles. The van der Waals surface area contributed by atoms with Gasteiger partial charge in [-0.05, 0) is 48.6 Å². The molecule has 37 heavy (non-hydrogen) atoms. The van der Waals surface area contributed by atoms with Crippen molar-refractivity contribution in [2.75, 3.05) is 0 Å². The minimum Gasteiger partial charge on any atom is -0.236 e. The van der Waals surface area contributed by atoms with Crippen molar-refractivity contribution in [2.24, 2.45) is 11.8 Å². The molecule has 0 amide bonds. The number of rotatable bonds is 19. The number of hydrogen-bond donors (Lipinski definition) is 0. The van der Waals surface area contributed by atoms with E-state index < -0.39 is 0 Å². The second kappa shape index (κ2) is 18.5. The lowest BCUT2D eigenvalue weighted by Gasteiger charge is -2.28. The van der Waals surface area contributed by atoms with Gasteiger partial charge in [-0.3, -0.25) is 0 Å². The van der Waals surface area contributed by atoms with Crippen LogP contribution in [0, 0.1) is 11.8 Å². The van der Waals surface area contributed by atoms with Crippen LogP contribution < -0.4 is 0 Å². The largest absolute Gasteiger partial charge is 0.236 e. The van der Waals surface area contributed by atoms with E-state index in [1.165, 1.54) is 140 Å². The zero-order valence-electron chi connectivity index (χ0n) is 24.4. The molecule has 2 aromatic rings. The van der Waals surface area contributed by atoms with Crippen molar-refractivity contribution in [1.82, 2.24) is 9.97 Å². The Kier molecular flexibility index (Phi) is 15.0. The molecule has 0 atom stereocenters. The fourth-order valence-electron chi connectivity index (χ4n) is 6.17. The molecule has 0 spiro atoms. The Morgan fingerprint density at radius 1 is 0.541 bits per heavy atom. The van der Waals surface area contributed by atoms with Gasteiger partial charge in [-0.25, -0.2) is 9.97 Å². The lowest BCUT2D eigenvalue weighted by molar-refractivity contribution is 0.245. The van der Waals surface area contributed by atoms with Gasteiger partial charge in [0, 0.05) is 18.0 Å². The molecule has 1 fully saturated rings. The summed E-state index contributed by atoms with van der Waals surface area (Å²) in [6.07, 6.45) is 33.1. The van der Waals surface area contributed by atoms with Crippen molar-refractivity contribution in [3.8, 4) is 11.4 Å². The zero-order valence-corrected chi connectivity index (χ0v) is 24.4. The van der Waals surface area contributed by atoms with E-state index in [1.54, 1.807) is 0 Å². The highest BCUT2D eigenvalue weighted by Gasteiger charge is 2.20. The van der Waals surface area contributed by atoms with Crippen LogP contribution in [0.25, 0.3) is 11.4 Å². The number of benzene rings is 1. The van der Waals surface area contributed by atoms with Gasteiger partial charge in [0.25, 0.3) is 0 Å². The van der Waals surface area contributed by atoms with E-state index in [0.717, 1.165) is 29.6 Å². The lowest BCUT2D eigenvalue weighted by Crippen LogP contribution is -2.14. The molecule has 3 rings (SSSR count). The van der Waals surface area contributed by atoms with E-state index in [4.69, 9.17) is 0 Å². The van der Waals surface area contributed by atoms with Gasteiger partial charge in [0.1, 0.15) is 0 Å². The number of unbranched alkanes of at least 4 members (excludes halogenated alkanes) is 10. The molecule has 0 unspecified atom stereocenters. The molecule has 0 aliphatic heterocycles. The van der Waals surface area contributed by atoms with Gasteiger partial charge in [0.15, 0.2) is 5.82 Å². The molecule has 2 nitrogen and oxygen atoms in total. The Labute approximate surface area is 229 Å². The molecule has 1 aromatic carbocycles. The van der Waals surface area contributed by atoms with Crippen LogP contribution in [0.15, 0.2) is 36.7 Å². The van der Waals surface area contributed by atoms with Crippen LogP contribution in [0.3, 0.4) is 0 Å². The third kappa shape index (κ3) is 12.1. The predicted molar refractivity (Wildman–Crippen MR) is 161 cm³/mol. The predicted octanol–water partition coefficient (Wildman–Crippen LogP) is 10.9. The van der Waals surface area contributed by atoms with Gasteiger partial charge in [-0.15, -0.1) is 0 Å². The minimum atomic E-state index is 0.858. The normalized spacial score (nSPS) is 17.8. The van der Waals surface area contributed by atoms with Crippen molar-refractivity contribution in [2.45, 2.75) is 149 Å². The van der Waals surface area contributed by atoms with Crippen LogP contribution in [0.2, 0.25) is 0 Å². The molecule has 0 saturated heterocycles. The summed E-state index contributed by atoms with van der Waals surface area (Å²) in [5.74, 6) is 2.90. The molecular weight excluding hydrogens is 448 g/mol. The van der Waals surface area contributed by atoms with Crippen LogP contribution in [0.1, 0.15) is 147 Å². The van der Waals surface area contributed by atoms with Gasteiger partial charge in [0.2, 0.25) is 0 Å². The van der Waals surface area contributed by atoms with E-state index in [2.05, 4.69) is 48.1 Å². The van der Waals surface area contributed by atoms with Crippen molar-refractivity contribution >= 4 is 0 Å². The van der Waals surface area contributed by atoms with E-state index in [9.17, 15) is 0 Å². The summed E-state index contributed by atoms with van der Waals surface area (Å²) in [6, 6.07) is 8.99. The molecular formula is C35H56N2. The average Bonchev–Trinajstić information content (AvgIpc) is 2.94. The first-order valence-corrected chi connectivity index (χ1v) is 16.2. The van der Waals surface area contributed by atoms with Crippen LogP contribution in [0.5, 0.6) is 0 Å². The van der Waals surface area contributed by atoms with Crippen LogP contribution in [0.4, 0.5) is 0 Å².